The zero-order valence-electron chi connectivity index (χ0n) is 10.8. The van der Waals surface area contributed by atoms with Crippen molar-refractivity contribution < 1.29 is 9.47 Å². The average Bonchev–Trinajstić information content (AvgIpc) is 3.06. The number of hydrogen-bond acceptors (Lipinski definition) is 6. The first kappa shape index (κ1) is 12.2. The highest BCUT2D eigenvalue weighted by molar-refractivity contribution is 5.76. The first-order valence-corrected chi connectivity index (χ1v) is 6.56. The molecule has 1 atom stereocenters. The second-order valence-electron chi connectivity index (χ2n) is 4.48. The second kappa shape index (κ2) is 5.40. The van der Waals surface area contributed by atoms with Gasteiger partial charge in [0.2, 0.25) is 11.8 Å². The standard InChI is InChI=1S/C12H17N5O2/c1-2-4-13-12-16-10-9(14-7-15-10)11(17-12)19-8-3-5-18-6-8/h7-8H,2-6H2,1H3,(H2,13,14,15,16,17). The lowest BCUT2D eigenvalue weighted by Crippen LogP contribution is -2.17. The number of aromatic amines is 1. The summed E-state index contributed by atoms with van der Waals surface area (Å²) >= 11 is 0. The minimum absolute atomic E-state index is 0.0559. The highest BCUT2D eigenvalue weighted by Gasteiger charge is 2.20. The minimum Gasteiger partial charge on any atom is -0.470 e. The van der Waals surface area contributed by atoms with Gasteiger partial charge in [-0.15, -0.1) is 0 Å². The normalized spacial score (nSPS) is 18.9. The van der Waals surface area contributed by atoms with Crippen LogP contribution in [0.5, 0.6) is 5.88 Å². The third-order valence-electron chi connectivity index (χ3n) is 2.95. The minimum atomic E-state index is 0.0559. The van der Waals surface area contributed by atoms with Crippen LogP contribution in [0.4, 0.5) is 5.95 Å². The van der Waals surface area contributed by atoms with E-state index in [1.165, 1.54) is 0 Å². The molecule has 1 fully saturated rings. The van der Waals surface area contributed by atoms with Crippen molar-refractivity contribution in [2.75, 3.05) is 25.1 Å². The number of imidazole rings is 1. The van der Waals surface area contributed by atoms with Gasteiger partial charge in [-0.1, -0.05) is 6.92 Å². The molecule has 0 aliphatic carbocycles. The summed E-state index contributed by atoms with van der Waals surface area (Å²) in [7, 11) is 0. The fourth-order valence-electron chi connectivity index (χ4n) is 1.97. The molecule has 0 aromatic carbocycles. The Kier molecular flexibility index (Phi) is 3.45. The lowest BCUT2D eigenvalue weighted by Gasteiger charge is -2.12. The van der Waals surface area contributed by atoms with Crippen molar-refractivity contribution in [3.63, 3.8) is 0 Å². The van der Waals surface area contributed by atoms with Crippen LogP contribution >= 0.6 is 0 Å². The Labute approximate surface area is 110 Å². The number of fused-ring (bicyclic) bond motifs is 1. The van der Waals surface area contributed by atoms with E-state index in [0.717, 1.165) is 31.5 Å². The van der Waals surface area contributed by atoms with E-state index in [1.54, 1.807) is 6.33 Å². The Morgan fingerprint density at radius 1 is 1.53 bits per heavy atom. The summed E-state index contributed by atoms with van der Waals surface area (Å²) in [5.41, 5.74) is 1.34. The van der Waals surface area contributed by atoms with Gasteiger partial charge < -0.3 is 19.8 Å². The van der Waals surface area contributed by atoms with Crippen LogP contribution in [-0.4, -0.2) is 45.8 Å². The van der Waals surface area contributed by atoms with Crippen LogP contribution in [0.2, 0.25) is 0 Å². The van der Waals surface area contributed by atoms with Crippen molar-refractivity contribution in [1.82, 2.24) is 19.9 Å². The molecule has 1 aliphatic rings. The highest BCUT2D eigenvalue weighted by atomic mass is 16.5. The van der Waals surface area contributed by atoms with Gasteiger partial charge in [-0.3, -0.25) is 0 Å². The average molecular weight is 263 g/mol. The van der Waals surface area contributed by atoms with Gasteiger partial charge in [0, 0.05) is 13.0 Å². The zero-order valence-corrected chi connectivity index (χ0v) is 10.8. The third kappa shape index (κ3) is 2.60. The molecule has 2 aromatic heterocycles. The summed E-state index contributed by atoms with van der Waals surface area (Å²) in [5.74, 6) is 1.09. The Hall–Kier alpha value is -1.89. The molecular weight excluding hydrogens is 246 g/mol. The second-order valence-corrected chi connectivity index (χ2v) is 4.48. The van der Waals surface area contributed by atoms with E-state index in [-0.39, 0.29) is 6.10 Å². The molecule has 102 valence electrons. The quantitative estimate of drug-likeness (QED) is 0.846. The number of anilines is 1. The molecule has 0 amide bonds. The molecule has 7 heteroatoms. The number of nitrogens with one attached hydrogen (secondary N) is 2. The van der Waals surface area contributed by atoms with Crippen LogP contribution in [0.25, 0.3) is 11.2 Å². The first-order valence-electron chi connectivity index (χ1n) is 6.56. The molecule has 0 spiro atoms. The van der Waals surface area contributed by atoms with E-state index in [0.29, 0.717) is 24.1 Å². The number of aromatic nitrogens is 4. The van der Waals surface area contributed by atoms with Crippen molar-refractivity contribution in [2.24, 2.45) is 0 Å². The molecule has 3 rings (SSSR count). The Morgan fingerprint density at radius 2 is 2.47 bits per heavy atom. The number of ether oxygens (including phenoxy) is 2. The van der Waals surface area contributed by atoms with Crippen LogP contribution in [0.3, 0.4) is 0 Å². The molecule has 0 radical (unpaired) electrons. The van der Waals surface area contributed by atoms with Crippen LogP contribution < -0.4 is 10.1 Å². The Bertz CT molecular complexity index is 550. The van der Waals surface area contributed by atoms with Crippen LogP contribution in [0.15, 0.2) is 6.33 Å². The maximum absolute atomic E-state index is 5.88. The highest BCUT2D eigenvalue weighted by Crippen LogP contribution is 2.23. The van der Waals surface area contributed by atoms with Crippen molar-refractivity contribution in [1.29, 1.82) is 0 Å². The van der Waals surface area contributed by atoms with Crippen LogP contribution in [-0.2, 0) is 4.74 Å². The molecule has 19 heavy (non-hydrogen) atoms. The molecule has 3 heterocycles. The van der Waals surface area contributed by atoms with Gasteiger partial charge in [0.25, 0.3) is 0 Å². The smallest absolute Gasteiger partial charge is 0.245 e. The van der Waals surface area contributed by atoms with E-state index in [1.807, 2.05) is 0 Å². The van der Waals surface area contributed by atoms with E-state index in [2.05, 4.69) is 32.2 Å². The van der Waals surface area contributed by atoms with E-state index >= 15 is 0 Å². The fraction of sp³-hybridized carbons (Fsp3) is 0.583. The van der Waals surface area contributed by atoms with Gasteiger partial charge >= 0.3 is 0 Å². The summed E-state index contributed by atoms with van der Waals surface area (Å²) < 4.78 is 11.2. The zero-order chi connectivity index (χ0) is 13.1. The molecule has 2 N–H and O–H groups in total. The van der Waals surface area contributed by atoms with Crippen molar-refractivity contribution in [2.45, 2.75) is 25.9 Å². The number of rotatable bonds is 5. The maximum Gasteiger partial charge on any atom is 0.245 e. The largest absolute Gasteiger partial charge is 0.470 e. The summed E-state index contributed by atoms with van der Waals surface area (Å²) in [6.45, 7) is 4.26. The van der Waals surface area contributed by atoms with Crippen molar-refractivity contribution >= 4 is 17.1 Å². The maximum atomic E-state index is 5.88. The lowest BCUT2D eigenvalue weighted by atomic mass is 10.3. The lowest BCUT2D eigenvalue weighted by molar-refractivity contribution is 0.139. The predicted molar refractivity (Wildman–Crippen MR) is 70.3 cm³/mol. The van der Waals surface area contributed by atoms with E-state index < -0.39 is 0 Å². The van der Waals surface area contributed by atoms with Gasteiger partial charge in [0.15, 0.2) is 5.65 Å². The Balaban J connectivity index is 1.88. The fourth-order valence-corrected chi connectivity index (χ4v) is 1.97. The summed E-state index contributed by atoms with van der Waals surface area (Å²) in [6.07, 6.45) is 3.55. The number of hydrogen-bond donors (Lipinski definition) is 2. The monoisotopic (exact) mass is 263 g/mol. The van der Waals surface area contributed by atoms with Crippen LogP contribution in [0, 0.1) is 0 Å². The Morgan fingerprint density at radius 3 is 3.26 bits per heavy atom. The molecule has 7 nitrogen and oxygen atoms in total. The molecule has 1 unspecified atom stereocenters. The molecule has 1 saturated heterocycles. The van der Waals surface area contributed by atoms with Gasteiger partial charge in [0.05, 0.1) is 19.5 Å². The topological polar surface area (TPSA) is 85.0 Å². The van der Waals surface area contributed by atoms with Crippen molar-refractivity contribution in [3.8, 4) is 5.88 Å². The number of nitrogens with zero attached hydrogens (tertiary/aromatic N) is 3. The van der Waals surface area contributed by atoms with Gasteiger partial charge in [0.1, 0.15) is 11.6 Å². The van der Waals surface area contributed by atoms with Gasteiger partial charge in [-0.2, -0.15) is 9.97 Å². The number of H-pyrrole nitrogens is 1. The molecular formula is C12H17N5O2. The summed E-state index contributed by atoms with van der Waals surface area (Å²) in [5, 5.41) is 3.15. The predicted octanol–water partition coefficient (Wildman–Crippen LogP) is 1.34. The van der Waals surface area contributed by atoms with E-state index in [4.69, 9.17) is 9.47 Å². The van der Waals surface area contributed by atoms with Crippen molar-refractivity contribution in [3.05, 3.63) is 6.33 Å². The SMILES string of the molecule is CCCNc1nc(OC2CCOC2)c2[nH]cnc2n1. The van der Waals surface area contributed by atoms with E-state index in [9.17, 15) is 0 Å². The third-order valence-corrected chi connectivity index (χ3v) is 2.95. The summed E-state index contributed by atoms with van der Waals surface area (Å²) in [6, 6.07) is 0. The van der Waals surface area contributed by atoms with Gasteiger partial charge in [-0.05, 0) is 6.42 Å². The van der Waals surface area contributed by atoms with Gasteiger partial charge in [-0.25, -0.2) is 4.98 Å². The van der Waals surface area contributed by atoms with Crippen LogP contribution in [0.1, 0.15) is 19.8 Å². The molecule has 1 aliphatic heterocycles. The molecule has 0 bridgehead atoms. The first-order chi connectivity index (χ1) is 9.36. The summed E-state index contributed by atoms with van der Waals surface area (Å²) in [4.78, 5) is 15.9. The molecule has 2 aromatic rings. The molecule has 0 saturated carbocycles.